The highest BCUT2D eigenvalue weighted by atomic mass is 32.2. The molecule has 0 bridgehead atoms. The number of nitrogens with zero attached hydrogens (tertiary/aromatic N) is 1. The highest BCUT2D eigenvalue weighted by Gasteiger charge is 2.29. The van der Waals surface area contributed by atoms with Crippen molar-refractivity contribution < 1.29 is 22.7 Å². The van der Waals surface area contributed by atoms with Gasteiger partial charge < -0.3 is 14.4 Å². The molecule has 0 N–H and O–H groups in total. The van der Waals surface area contributed by atoms with Gasteiger partial charge in [0.2, 0.25) is 9.84 Å². The van der Waals surface area contributed by atoms with Crippen LogP contribution in [0, 0.1) is 0 Å². The van der Waals surface area contributed by atoms with Gasteiger partial charge in [-0.25, -0.2) is 13.2 Å². The van der Waals surface area contributed by atoms with E-state index >= 15 is 0 Å². The quantitative estimate of drug-likeness (QED) is 0.351. The van der Waals surface area contributed by atoms with Gasteiger partial charge in [-0.1, -0.05) is 61.2 Å². The van der Waals surface area contributed by atoms with E-state index in [1.165, 1.54) is 24.3 Å². The summed E-state index contributed by atoms with van der Waals surface area (Å²) in [6.07, 6.45) is 4.36. The third-order valence-corrected chi connectivity index (χ3v) is 7.02. The fourth-order valence-corrected chi connectivity index (χ4v) is 4.73. The summed E-state index contributed by atoms with van der Waals surface area (Å²) in [5.41, 5.74) is 2.42. The van der Waals surface area contributed by atoms with E-state index in [0.29, 0.717) is 11.6 Å². The largest absolute Gasteiger partial charge is 0.457 e. The topological polar surface area (TPSA) is 72.9 Å². The molecular formula is C27H23NO5S. The van der Waals surface area contributed by atoms with Gasteiger partial charge in [0.25, 0.3) is 0 Å². The van der Waals surface area contributed by atoms with Gasteiger partial charge in [-0.2, -0.15) is 0 Å². The number of allylic oxidation sites excluding steroid dienone is 2. The first kappa shape index (κ1) is 23.1. The summed E-state index contributed by atoms with van der Waals surface area (Å²) >= 11 is 0. The molecule has 0 radical (unpaired) electrons. The molecule has 0 unspecified atom stereocenters. The Morgan fingerprint density at radius 2 is 1.76 bits per heavy atom. The van der Waals surface area contributed by atoms with E-state index in [4.69, 9.17) is 9.47 Å². The smallest absolute Gasteiger partial charge is 0.350 e. The molecule has 3 aromatic rings. The molecule has 1 aliphatic heterocycles. The van der Waals surface area contributed by atoms with Gasteiger partial charge in [0.15, 0.2) is 16.5 Å². The molecule has 6 nitrogen and oxygen atoms in total. The van der Waals surface area contributed by atoms with Gasteiger partial charge in [-0.15, -0.1) is 0 Å². The summed E-state index contributed by atoms with van der Waals surface area (Å²) in [7, 11) is -2.35. The van der Waals surface area contributed by atoms with Crippen LogP contribution in [0.3, 0.4) is 0 Å². The molecule has 3 aromatic carbocycles. The second-order valence-electron chi connectivity index (χ2n) is 7.51. The monoisotopic (exact) mass is 473 g/mol. The van der Waals surface area contributed by atoms with Gasteiger partial charge in [0.05, 0.1) is 10.6 Å². The van der Waals surface area contributed by atoms with Crippen molar-refractivity contribution in [3.63, 3.8) is 0 Å². The lowest BCUT2D eigenvalue weighted by Crippen LogP contribution is -2.17. The van der Waals surface area contributed by atoms with Gasteiger partial charge in [-0.05, 0) is 47.5 Å². The number of para-hydroxylation sites is 2. The van der Waals surface area contributed by atoms with E-state index < -0.39 is 20.7 Å². The first-order valence-corrected chi connectivity index (χ1v) is 12.0. The van der Waals surface area contributed by atoms with Crippen LogP contribution in [0.25, 0.3) is 6.08 Å². The summed E-state index contributed by atoms with van der Waals surface area (Å²) in [6.45, 7) is 3.64. The molecule has 0 saturated heterocycles. The summed E-state index contributed by atoms with van der Waals surface area (Å²) in [6, 6.07) is 22.5. The Morgan fingerprint density at radius 1 is 1.03 bits per heavy atom. The van der Waals surface area contributed by atoms with E-state index in [2.05, 4.69) is 6.58 Å². The highest BCUT2D eigenvalue weighted by Crippen LogP contribution is 2.37. The lowest BCUT2D eigenvalue weighted by molar-refractivity contribution is -0.139. The number of sulfone groups is 1. The van der Waals surface area contributed by atoms with Crippen molar-refractivity contribution in [3.05, 3.63) is 120 Å². The highest BCUT2D eigenvalue weighted by molar-refractivity contribution is 7.96. The normalized spacial score (nSPS) is 14.4. The number of ether oxygens (including phenoxy) is 2. The van der Waals surface area contributed by atoms with Crippen LogP contribution < -0.4 is 9.64 Å². The minimum Gasteiger partial charge on any atom is -0.457 e. The molecule has 0 fully saturated rings. The number of hydrogen-bond acceptors (Lipinski definition) is 6. The number of carbonyl (C=O) groups excluding carboxylic acids is 1. The second-order valence-corrected chi connectivity index (χ2v) is 9.42. The van der Waals surface area contributed by atoms with Gasteiger partial charge in [-0.3, -0.25) is 0 Å². The lowest BCUT2D eigenvalue weighted by atomic mass is 10.1. The molecule has 7 heteroatoms. The SMILES string of the molecule is C=Cc1cccc(COC(=O)/C(=C/C=C2\Oc3ccccc3N2C)S(=O)(=O)c2ccccc2)c1. The van der Waals surface area contributed by atoms with Crippen molar-refractivity contribution in [3.8, 4) is 5.75 Å². The van der Waals surface area contributed by atoms with Crippen LogP contribution in [0.15, 0.2) is 113 Å². The maximum Gasteiger partial charge on any atom is 0.350 e. The first-order chi connectivity index (χ1) is 16.4. The van der Waals surface area contributed by atoms with E-state index in [0.717, 1.165) is 16.8 Å². The molecule has 0 aromatic heterocycles. The lowest BCUT2D eigenvalue weighted by Gasteiger charge is -2.12. The predicted octanol–water partition coefficient (Wildman–Crippen LogP) is 5.10. The van der Waals surface area contributed by atoms with E-state index in [9.17, 15) is 13.2 Å². The number of esters is 1. The summed E-state index contributed by atoms with van der Waals surface area (Å²) in [5.74, 6) is 0.0677. The van der Waals surface area contributed by atoms with E-state index in [1.807, 2.05) is 42.5 Å². The second kappa shape index (κ2) is 9.80. The molecule has 0 atom stereocenters. The van der Waals surface area contributed by atoms with Crippen LogP contribution >= 0.6 is 0 Å². The van der Waals surface area contributed by atoms with Crippen molar-refractivity contribution in [2.24, 2.45) is 0 Å². The molecular weight excluding hydrogens is 450 g/mol. The summed E-state index contributed by atoms with van der Waals surface area (Å²) < 4.78 is 37.9. The zero-order valence-electron chi connectivity index (χ0n) is 18.5. The van der Waals surface area contributed by atoms with Gasteiger partial charge in [0, 0.05) is 13.1 Å². The van der Waals surface area contributed by atoms with Crippen LogP contribution in [-0.4, -0.2) is 21.4 Å². The third-order valence-electron chi connectivity index (χ3n) is 5.25. The molecule has 0 aliphatic carbocycles. The Bertz CT molecular complexity index is 1390. The molecule has 34 heavy (non-hydrogen) atoms. The number of anilines is 1. The Kier molecular flexibility index (Phi) is 6.65. The minimum absolute atomic E-state index is 0.00534. The number of carbonyl (C=O) groups is 1. The average molecular weight is 474 g/mol. The molecule has 4 rings (SSSR count). The molecule has 1 heterocycles. The maximum absolute atomic E-state index is 13.3. The molecule has 0 amide bonds. The molecule has 0 saturated carbocycles. The minimum atomic E-state index is -4.14. The van der Waals surface area contributed by atoms with Crippen LogP contribution in [0.5, 0.6) is 5.75 Å². The Balaban J connectivity index is 1.66. The van der Waals surface area contributed by atoms with E-state index in [1.54, 1.807) is 42.3 Å². The summed E-state index contributed by atoms with van der Waals surface area (Å²) in [4.78, 5) is 14.3. The fourth-order valence-electron chi connectivity index (χ4n) is 3.44. The van der Waals surface area contributed by atoms with Crippen molar-refractivity contribution >= 4 is 27.6 Å². The number of hydrogen-bond donors (Lipinski definition) is 0. The maximum atomic E-state index is 13.3. The van der Waals surface area contributed by atoms with Gasteiger partial charge in [0.1, 0.15) is 6.61 Å². The van der Waals surface area contributed by atoms with Crippen molar-refractivity contribution in [2.75, 3.05) is 11.9 Å². The van der Waals surface area contributed by atoms with Crippen molar-refractivity contribution in [1.82, 2.24) is 0 Å². The number of rotatable bonds is 7. The van der Waals surface area contributed by atoms with Crippen LogP contribution in [-0.2, 0) is 26.0 Å². The van der Waals surface area contributed by atoms with Gasteiger partial charge >= 0.3 is 5.97 Å². The zero-order chi connectivity index (χ0) is 24.1. The fraction of sp³-hybridized carbons (Fsp3) is 0.0741. The number of fused-ring (bicyclic) bond motifs is 1. The number of benzene rings is 3. The Labute approximate surface area is 199 Å². The standard InChI is InChI=1S/C27H23NO5S/c1-3-20-10-9-11-21(18-20)19-32-27(29)25(34(30,31)22-12-5-4-6-13-22)16-17-26-28(2)23-14-7-8-15-24(23)33-26/h3-18H,1,19H2,2H3/b25-16-,26-17-. The van der Waals surface area contributed by atoms with Crippen LogP contribution in [0.2, 0.25) is 0 Å². The predicted molar refractivity (Wildman–Crippen MR) is 132 cm³/mol. The van der Waals surface area contributed by atoms with Crippen molar-refractivity contribution in [2.45, 2.75) is 11.5 Å². The molecule has 172 valence electrons. The zero-order valence-corrected chi connectivity index (χ0v) is 19.4. The summed E-state index contributed by atoms with van der Waals surface area (Å²) in [5, 5.41) is 0. The average Bonchev–Trinajstić information content (AvgIpc) is 3.19. The molecule has 0 spiro atoms. The van der Waals surface area contributed by atoms with E-state index in [-0.39, 0.29) is 11.5 Å². The Morgan fingerprint density at radius 3 is 2.50 bits per heavy atom. The Hall–Kier alpha value is -4.10. The first-order valence-electron chi connectivity index (χ1n) is 10.5. The molecule has 1 aliphatic rings. The van der Waals surface area contributed by atoms with Crippen LogP contribution in [0.4, 0.5) is 5.69 Å². The van der Waals surface area contributed by atoms with Crippen LogP contribution in [0.1, 0.15) is 11.1 Å². The van der Waals surface area contributed by atoms with Crippen molar-refractivity contribution in [1.29, 1.82) is 0 Å². The third kappa shape index (κ3) is 4.79.